The van der Waals surface area contributed by atoms with E-state index in [9.17, 15) is 28.8 Å². The zero-order valence-electron chi connectivity index (χ0n) is 21.6. The van der Waals surface area contributed by atoms with E-state index in [0.717, 1.165) is 6.42 Å². The summed E-state index contributed by atoms with van der Waals surface area (Å²) in [5.41, 5.74) is 0. The molecule has 3 saturated heterocycles. The molecule has 17 nitrogen and oxygen atoms in total. The van der Waals surface area contributed by atoms with Gasteiger partial charge in [-0.25, -0.2) is 28.8 Å². The first-order valence-electron chi connectivity index (χ1n) is 11.8. The number of carbonyl (C=O) groups is 6. The Morgan fingerprint density at radius 2 is 1.15 bits per heavy atom. The highest BCUT2D eigenvalue weighted by molar-refractivity contribution is 5.80. The molecule has 0 amide bonds. The standard InChI is InChI=1S/C9H14O5.C7H10O6.C6H8O6/c1-3-6(2)4-12-8(10)7-5-13-9(11)14-7;1-4(8)2-11-6(9)5-3-12-7(10)13-5;7-1-2-10-5(8)4-3-11-6(9)12-4/h6-7H,3-5H2,1-2H3;4-5,8H,2-3H2,1H3;4,7H,1-3H2. The zero-order chi connectivity index (χ0) is 29.4. The first-order chi connectivity index (χ1) is 18.5. The molecule has 0 bridgehead atoms. The molecule has 3 aliphatic rings. The second kappa shape index (κ2) is 17.6. The molecule has 17 heteroatoms. The summed E-state index contributed by atoms with van der Waals surface area (Å²) < 4.78 is 40.6. The van der Waals surface area contributed by atoms with Gasteiger partial charge in [0.25, 0.3) is 0 Å². The molecule has 3 aliphatic heterocycles. The fourth-order valence-electron chi connectivity index (χ4n) is 2.30. The summed E-state index contributed by atoms with van der Waals surface area (Å²) in [5, 5.41) is 17.1. The minimum absolute atomic E-state index is 0.0435. The second-order valence-electron chi connectivity index (χ2n) is 8.02. The molecular formula is C22H32O17. The summed E-state index contributed by atoms with van der Waals surface area (Å²) in [7, 11) is 0. The van der Waals surface area contributed by atoms with Crippen molar-refractivity contribution in [1.82, 2.24) is 0 Å². The Labute approximate surface area is 222 Å². The molecule has 0 saturated carbocycles. The minimum atomic E-state index is -0.994. The Morgan fingerprint density at radius 3 is 1.46 bits per heavy atom. The number of rotatable bonds is 10. The van der Waals surface area contributed by atoms with Crippen LogP contribution in [0.3, 0.4) is 0 Å². The lowest BCUT2D eigenvalue weighted by molar-refractivity contribution is -0.154. The van der Waals surface area contributed by atoms with Crippen molar-refractivity contribution in [3.05, 3.63) is 0 Å². The van der Waals surface area contributed by atoms with E-state index >= 15 is 0 Å². The number of carbonyl (C=O) groups excluding carboxylic acids is 6. The van der Waals surface area contributed by atoms with Crippen molar-refractivity contribution in [3.8, 4) is 0 Å². The van der Waals surface area contributed by atoms with Crippen LogP contribution in [-0.4, -0.2) is 117 Å². The normalized spacial score (nSPS) is 22.4. The van der Waals surface area contributed by atoms with Crippen molar-refractivity contribution in [3.63, 3.8) is 0 Å². The monoisotopic (exact) mass is 568 g/mol. The number of aliphatic hydroxyl groups excluding tert-OH is 2. The molecule has 0 aromatic rings. The molecule has 3 rings (SSSR count). The number of aliphatic hydroxyl groups is 2. The number of cyclic esters (lactones) is 6. The predicted octanol–water partition coefficient (Wildman–Crippen LogP) is -0.386. The lowest BCUT2D eigenvalue weighted by Gasteiger charge is -2.11. The highest BCUT2D eigenvalue weighted by atomic mass is 16.8. The average molecular weight is 568 g/mol. The molecule has 0 aliphatic carbocycles. The molecule has 0 spiro atoms. The highest BCUT2D eigenvalue weighted by Crippen LogP contribution is 2.10. The van der Waals surface area contributed by atoms with Crippen molar-refractivity contribution in [2.75, 3.05) is 46.2 Å². The van der Waals surface area contributed by atoms with E-state index in [1.807, 2.05) is 13.8 Å². The summed E-state index contributed by atoms with van der Waals surface area (Å²) in [6.07, 6.45) is -5.21. The third kappa shape index (κ3) is 13.5. The van der Waals surface area contributed by atoms with Crippen LogP contribution in [-0.2, 0) is 57.0 Å². The maximum absolute atomic E-state index is 11.2. The van der Waals surface area contributed by atoms with Gasteiger partial charge in [0, 0.05) is 0 Å². The van der Waals surface area contributed by atoms with Crippen LogP contribution in [0.5, 0.6) is 0 Å². The van der Waals surface area contributed by atoms with Gasteiger partial charge in [0.2, 0.25) is 18.3 Å². The Balaban J connectivity index is 0.000000293. The lowest BCUT2D eigenvalue weighted by Crippen LogP contribution is -2.28. The van der Waals surface area contributed by atoms with Crippen LogP contribution in [0.2, 0.25) is 0 Å². The summed E-state index contributed by atoms with van der Waals surface area (Å²) in [5.74, 6) is -1.62. The summed E-state index contributed by atoms with van der Waals surface area (Å²) in [6, 6.07) is 0. The number of esters is 3. The quantitative estimate of drug-likeness (QED) is 0.253. The van der Waals surface area contributed by atoms with E-state index in [2.05, 4.69) is 37.9 Å². The van der Waals surface area contributed by atoms with Crippen molar-refractivity contribution in [1.29, 1.82) is 0 Å². The van der Waals surface area contributed by atoms with Crippen molar-refractivity contribution in [2.45, 2.75) is 51.6 Å². The number of ether oxygens (including phenoxy) is 9. The van der Waals surface area contributed by atoms with Gasteiger partial charge in [-0.05, 0) is 12.8 Å². The van der Waals surface area contributed by atoms with Crippen LogP contribution in [0.25, 0.3) is 0 Å². The summed E-state index contributed by atoms with van der Waals surface area (Å²) >= 11 is 0. The minimum Gasteiger partial charge on any atom is -0.463 e. The van der Waals surface area contributed by atoms with Crippen molar-refractivity contribution < 1.29 is 81.6 Å². The smallest absolute Gasteiger partial charge is 0.463 e. The van der Waals surface area contributed by atoms with Crippen LogP contribution in [0.1, 0.15) is 27.2 Å². The Morgan fingerprint density at radius 1 is 0.769 bits per heavy atom. The van der Waals surface area contributed by atoms with Gasteiger partial charge in [-0.2, -0.15) is 0 Å². The molecule has 0 aromatic carbocycles. The van der Waals surface area contributed by atoms with Gasteiger partial charge in [-0.1, -0.05) is 20.3 Å². The van der Waals surface area contributed by atoms with Gasteiger partial charge < -0.3 is 52.8 Å². The fourth-order valence-corrected chi connectivity index (χ4v) is 2.30. The van der Waals surface area contributed by atoms with Crippen LogP contribution in [0, 0.1) is 5.92 Å². The summed E-state index contributed by atoms with van der Waals surface area (Å²) in [6.45, 7) is 5.04. The van der Waals surface area contributed by atoms with Gasteiger partial charge in [-0.3, -0.25) is 0 Å². The molecular weight excluding hydrogens is 536 g/mol. The highest BCUT2D eigenvalue weighted by Gasteiger charge is 2.34. The maximum Gasteiger partial charge on any atom is 0.509 e. The van der Waals surface area contributed by atoms with Gasteiger partial charge >= 0.3 is 36.4 Å². The molecule has 3 fully saturated rings. The Hall–Kier alpha value is -3.86. The Kier molecular flexibility index (Phi) is 15.0. The SMILES string of the molecule is CC(O)COC(=O)C1COC(=O)O1.CCC(C)COC(=O)C1COC(=O)O1.O=C1OCC(C(=O)OCCO)O1. The molecule has 5 atom stereocenters. The third-order valence-electron chi connectivity index (χ3n) is 4.57. The maximum atomic E-state index is 11.2. The number of hydrogen-bond donors (Lipinski definition) is 2. The average Bonchev–Trinajstić information content (AvgIpc) is 3.66. The molecule has 3 heterocycles. The molecule has 0 radical (unpaired) electrons. The van der Waals surface area contributed by atoms with E-state index in [4.69, 9.17) is 14.9 Å². The fraction of sp³-hybridized carbons (Fsp3) is 0.727. The van der Waals surface area contributed by atoms with Crippen LogP contribution < -0.4 is 0 Å². The second-order valence-corrected chi connectivity index (χ2v) is 8.02. The van der Waals surface area contributed by atoms with Gasteiger partial charge in [0.1, 0.15) is 33.0 Å². The first-order valence-corrected chi connectivity index (χ1v) is 11.8. The van der Waals surface area contributed by atoms with Crippen molar-refractivity contribution >= 4 is 36.4 Å². The largest absolute Gasteiger partial charge is 0.509 e. The summed E-state index contributed by atoms with van der Waals surface area (Å²) in [4.78, 5) is 64.3. The zero-order valence-corrected chi connectivity index (χ0v) is 21.6. The van der Waals surface area contributed by atoms with Crippen LogP contribution in [0.4, 0.5) is 14.4 Å². The van der Waals surface area contributed by atoms with Crippen LogP contribution >= 0.6 is 0 Å². The lowest BCUT2D eigenvalue weighted by atomic mass is 10.1. The van der Waals surface area contributed by atoms with E-state index < -0.39 is 60.8 Å². The van der Waals surface area contributed by atoms with E-state index in [-0.39, 0.29) is 39.6 Å². The van der Waals surface area contributed by atoms with Gasteiger partial charge in [0.05, 0.1) is 19.3 Å². The molecule has 0 aromatic heterocycles. The van der Waals surface area contributed by atoms with Gasteiger partial charge in [-0.15, -0.1) is 0 Å². The third-order valence-corrected chi connectivity index (χ3v) is 4.57. The number of hydrogen-bond acceptors (Lipinski definition) is 17. The van der Waals surface area contributed by atoms with E-state index in [1.165, 1.54) is 6.92 Å². The Bertz CT molecular complexity index is 840. The topological polar surface area (TPSA) is 226 Å². The van der Waals surface area contributed by atoms with E-state index in [1.54, 1.807) is 0 Å². The molecule has 5 unspecified atom stereocenters. The molecule has 222 valence electrons. The van der Waals surface area contributed by atoms with Gasteiger partial charge in [0.15, 0.2) is 0 Å². The van der Waals surface area contributed by atoms with E-state index in [0.29, 0.717) is 12.5 Å². The van der Waals surface area contributed by atoms with Crippen molar-refractivity contribution in [2.24, 2.45) is 5.92 Å². The predicted molar refractivity (Wildman–Crippen MR) is 120 cm³/mol. The molecule has 2 N–H and O–H groups in total. The first kappa shape index (κ1) is 33.2. The molecule has 39 heavy (non-hydrogen) atoms. The van der Waals surface area contributed by atoms with Crippen LogP contribution in [0.15, 0.2) is 0 Å².